The fourth-order valence-electron chi connectivity index (χ4n) is 4.31. The third-order valence-corrected chi connectivity index (χ3v) is 10.4. The van der Waals surface area contributed by atoms with Crippen molar-refractivity contribution in [2.45, 2.75) is 101 Å². The highest BCUT2D eigenvalue weighted by Crippen LogP contribution is 2.45. The fraction of sp³-hybridized carbons (Fsp3) is 0.600. The first-order chi connectivity index (χ1) is 20.8. The summed E-state index contributed by atoms with van der Waals surface area (Å²) in [7, 11) is -3.09. The predicted octanol–water partition coefficient (Wildman–Crippen LogP) is 8.97. The first-order valence-corrected chi connectivity index (χ1v) is 16.6. The average molecular weight is 711 g/mol. The molecule has 4 atom stereocenters. The van der Waals surface area contributed by atoms with Crippen LogP contribution in [0.5, 0.6) is 0 Å². The molecule has 2 N–H and O–H groups in total. The number of halogens is 10. The molecule has 2 aliphatic rings. The standard InChI is InChI=1S/2C15H18F5NOS/c2*1-14(2,3)23(22)21-13(8-4-5-8)9-6-12(17)10(7-11(9)16)15(18,19)20/h2*6-8,13,21H,4-5H2,1-3H3/t2*13-,23?/m10/s1. The Bertz CT molecular complexity index is 1350. The molecule has 2 aromatic carbocycles. The van der Waals surface area contributed by atoms with Crippen molar-refractivity contribution in [3.63, 3.8) is 0 Å². The van der Waals surface area contributed by atoms with Crippen molar-refractivity contribution >= 4 is 22.0 Å². The summed E-state index contributed by atoms with van der Waals surface area (Å²) in [5.41, 5.74) is -3.69. The zero-order chi connectivity index (χ0) is 35.2. The molecule has 0 saturated heterocycles. The molecule has 0 spiro atoms. The number of rotatable bonds is 8. The zero-order valence-corrected chi connectivity index (χ0v) is 27.5. The summed E-state index contributed by atoms with van der Waals surface area (Å²) >= 11 is 0. The number of benzene rings is 2. The number of hydrogen-bond acceptors (Lipinski definition) is 2. The van der Waals surface area contributed by atoms with Gasteiger partial charge in [0.1, 0.15) is 23.3 Å². The van der Waals surface area contributed by atoms with Crippen LogP contribution in [0.4, 0.5) is 43.9 Å². The Balaban J connectivity index is 0.000000250. The second-order valence-electron chi connectivity index (χ2n) is 13.3. The largest absolute Gasteiger partial charge is 0.419 e. The summed E-state index contributed by atoms with van der Waals surface area (Å²) in [5, 5.41) is 0. The number of nitrogens with one attached hydrogen (secondary N) is 2. The molecule has 2 fully saturated rings. The maximum absolute atomic E-state index is 14.1. The highest BCUT2D eigenvalue weighted by molar-refractivity contribution is 7.84. The van der Waals surface area contributed by atoms with Gasteiger partial charge < -0.3 is 0 Å². The van der Waals surface area contributed by atoms with Crippen LogP contribution in [-0.4, -0.2) is 17.9 Å². The molecule has 2 aromatic rings. The molecule has 16 heteroatoms. The molecule has 0 aliphatic heterocycles. The minimum Gasteiger partial charge on any atom is -0.242 e. The van der Waals surface area contributed by atoms with E-state index in [0.29, 0.717) is 12.1 Å². The normalized spacial score (nSPS) is 18.8. The molecule has 2 aliphatic carbocycles. The molecule has 4 rings (SSSR count). The van der Waals surface area contributed by atoms with E-state index < -0.39 is 90.3 Å². The Morgan fingerprint density at radius 2 is 0.848 bits per heavy atom. The van der Waals surface area contributed by atoms with Crippen LogP contribution in [0.2, 0.25) is 0 Å². The Kier molecular flexibility index (Phi) is 11.5. The first-order valence-electron chi connectivity index (χ1n) is 14.3. The van der Waals surface area contributed by atoms with E-state index in [1.165, 1.54) is 0 Å². The lowest BCUT2D eigenvalue weighted by atomic mass is 10.0. The summed E-state index contributed by atoms with van der Waals surface area (Å²) in [5.74, 6) is -5.47. The lowest BCUT2D eigenvalue weighted by Crippen LogP contribution is -2.37. The van der Waals surface area contributed by atoms with Crippen molar-refractivity contribution in [1.82, 2.24) is 9.44 Å². The van der Waals surface area contributed by atoms with Crippen LogP contribution in [0.3, 0.4) is 0 Å². The Morgan fingerprint density at radius 1 is 0.565 bits per heavy atom. The smallest absolute Gasteiger partial charge is 0.242 e. The average Bonchev–Trinajstić information content (AvgIpc) is 3.80. The minimum absolute atomic E-state index is 0.0630. The maximum Gasteiger partial charge on any atom is 0.419 e. The second kappa shape index (κ2) is 13.8. The predicted molar refractivity (Wildman–Crippen MR) is 156 cm³/mol. The molecule has 0 radical (unpaired) electrons. The molecular weight excluding hydrogens is 674 g/mol. The summed E-state index contributed by atoms with van der Waals surface area (Å²) in [6.45, 7) is 10.3. The van der Waals surface area contributed by atoms with Gasteiger partial charge in [0.2, 0.25) is 0 Å². The van der Waals surface area contributed by atoms with E-state index in [4.69, 9.17) is 0 Å². The monoisotopic (exact) mass is 710 g/mol. The van der Waals surface area contributed by atoms with Crippen LogP contribution in [-0.2, 0) is 34.3 Å². The van der Waals surface area contributed by atoms with E-state index in [2.05, 4.69) is 9.44 Å². The van der Waals surface area contributed by atoms with Gasteiger partial charge in [0.05, 0.1) is 54.7 Å². The molecule has 2 saturated carbocycles. The van der Waals surface area contributed by atoms with Crippen molar-refractivity contribution in [2.24, 2.45) is 11.8 Å². The third-order valence-electron chi connectivity index (χ3n) is 7.22. The minimum atomic E-state index is -4.96. The van der Waals surface area contributed by atoms with E-state index in [1.807, 2.05) is 0 Å². The van der Waals surface area contributed by atoms with Gasteiger partial charge in [-0.15, -0.1) is 0 Å². The third kappa shape index (κ3) is 9.99. The highest BCUT2D eigenvalue weighted by atomic mass is 32.2. The molecule has 0 aromatic heterocycles. The molecule has 4 nitrogen and oxygen atoms in total. The van der Waals surface area contributed by atoms with E-state index in [9.17, 15) is 52.3 Å². The zero-order valence-electron chi connectivity index (χ0n) is 25.9. The quantitative estimate of drug-likeness (QED) is 0.269. The van der Waals surface area contributed by atoms with Gasteiger partial charge in [0.25, 0.3) is 0 Å². The van der Waals surface area contributed by atoms with E-state index in [0.717, 1.165) is 25.7 Å². The van der Waals surface area contributed by atoms with Crippen molar-refractivity contribution in [3.8, 4) is 0 Å². The van der Waals surface area contributed by atoms with Gasteiger partial charge in [-0.25, -0.2) is 35.4 Å². The van der Waals surface area contributed by atoms with Gasteiger partial charge in [-0.05, 0) is 103 Å². The summed E-state index contributed by atoms with van der Waals surface area (Å²) in [4.78, 5) is 0. The van der Waals surface area contributed by atoms with Crippen LogP contribution < -0.4 is 9.44 Å². The van der Waals surface area contributed by atoms with Gasteiger partial charge in [0, 0.05) is 11.1 Å². The highest BCUT2D eigenvalue weighted by Gasteiger charge is 2.41. The van der Waals surface area contributed by atoms with Crippen LogP contribution >= 0.6 is 0 Å². The van der Waals surface area contributed by atoms with E-state index in [1.54, 1.807) is 41.5 Å². The van der Waals surface area contributed by atoms with Crippen molar-refractivity contribution in [1.29, 1.82) is 0 Å². The Labute approximate surface area is 266 Å². The lowest BCUT2D eigenvalue weighted by molar-refractivity contribution is -0.141. The number of alkyl halides is 6. The van der Waals surface area contributed by atoms with Gasteiger partial charge >= 0.3 is 12.4 Å². The molecule has 0 bridgehead atoms. The maximum atomic E-state index is 14.1. The summed E-state index contributed by atoms with van der Waals surface area (Å²) in [6.07, 6.45) is -7.02. The topological polar surface area (TPSA) is 58.2 Å². The fourth-order valence-corrected chi connectivity index (χ4v) is 6.11. The molecular formula is C30H36F10N2O2S2. The SMILES string of the molecule is CC(C)(C)S(=O)N[C@@H](c1cc(F)c(C(F)(F)F)cc1F)C1CC1.CC(C)(C)S(=O)N[C@H](c1cc(F)c(C(F)(F)F)cc1F)C1CC1. The van der Waals surface area contributed by atoms with Crippen LogP contribution in [0.25, 0.3) is 0 Å². The van der Waals surface area contributed by atoms with Crippen LogP contribution in [0, 0.1) is 35.1 Å². The summed E-state index contributed by atoms with van der Waals surface area (Å²) < 4.78 is 160. The van der Waals surface area contributed by atoms with Gasteiger partial charge in [-0.3, -0.25) is 0 Å². The summed E-state index contributed by atoms with van der Waals surface area (Å²) in [6, 6.07) is -0.0791. The molecule has 2 unspecified atom stereocenters. The van der Waals surface area contributed by atoms with Gasteiger partial charge in [-0.1, -0.05) is 0 Å². The second-order valence-corrected chi connectivity index (χ2v) is 17.3. The molecule has 260 valence electrons. The van der Waals surface area contributed by atoms with Gasteiger partial charge in [-0.2, -0.15) is 26.3 Å². The molecule has 0 amide bonds. The van der Waals surface area contributed by atoms with Gasteiger partial charge in [0.15, 0.2) is 0 Å². The first kappa shape index (κ1) is 38.4. The lowest BCUT2D eigenvalue weighted by Gasteiger charge is -2.25. The van der Waals surface area contributed by atoms with Crippen molar-refractivity contribution in [3.05, 3.63) is 69.8 Å². The number of hydrogen-bond donors (Lipinski definition) is 2. The van der Waals surface area contributed by atoms with Crippen molar-refractivity contribution < 1.29 is 52.3 Å². The van der Waals surface area contributed by atoms with Crippen molar-refractivity contribution in [2.75, 3.05) is 0 Å². The van der Waals surface area contributed by atoms with Crippen LogP contribution in [0.1, 0.15) is 102 Å². The van der Waals surface area contributed by atoms with E-state index >= 15 is 0 Å². The molecule has 0 heterocycles. The van der Waals surface area contributed by atoms with E-state index in [-0.39, 0.29) is 35.1 Å². The Hall–Kier alpha value is -2.04. The molecule has 46 heavy (non-hydrogen) atoms. The Morgan fingerprint density at radius 3 is 1.07 bits per heavy atom. The van der Waals surface area contributed by atoms with Crippen LogP contribution in [0.15, 0.2) is 24.3 Å².